The van der Waals surface area contributed by atoms with E-state index in [1.807, 2.05) is 7.05 Å². The first kappa shape index (κ1) is 13.2. The molecule has 1 heteroatoms. The van der Waals surface area contributed by atoms with E-state index in [1.54, 1.807) is 0 Å². The molecule has 1 aromatic carbocycles. The molecule has 0 aliphatic carbocycles. The van der Waals surface area contributed by atoms with Crippen LogP contribution >= 0.6 is 0 Å². The third-order valence-electron chi connectivity index (χ3n) is 3.10. The number of aryl methyl sites for hydroxylation is 2. The Kier molecular flexibility index (Phi) is 4.15. The zero-order valence-corrected chi connectivity index (χ0v) is 11.5. The minimum Gasteiger partial charge on any atom is -0.313 e. The molecular weight excluding hydrogens is 194 g/mol. The zero-order chi connectivity index (χ0) is 12.3. The lowest BCUT2D eigenvalue weighted by Crippen LogP contribution is -2.22. The van der Waals surface area contributed by atoms with Crippen LogP contribution in [0.2, 0.25) is 0 Å². The standard InChI is InChI=1S/C15H25N/c1-11-7-8-13(9-12(11)2)14(16-6)10-15(3,4)5/h7-9,14,16H,10H2,1-6H3. The SMILES string of the molecule is CNC(CC(C)(C)C)c1ccc(C)c(C)c1. The van der Waals surface area contributed by atoms with Crippen molar-refractivity contribution in [2.75, 3.05) is 7.05 Å². The summed E-state index contributed by atoms with van der Waals surface area (Å²) in [6, 6.07) is 7.23. The van der Waals surface area contributed by atoms with Gasteiger partial charge in [-0.2, -0.15) is 0 Å². The first-order valence-corrected chi connectivity index (χ1v) is 6.08. The Morgan fingerprint density at radius 3 is 2.19 bits per heavy atom. The Hall–Kier alpha value is -0.820. The number of rotatable bonds is 3. The van der Waals surface area contributed by atoms with E-state index in [0.29, 0.717) is 11.5 Å². The van der Waals surface area contributed by atoms with E-state index in [0.717, 1.165) is 6.42 Å². The van der Waals surface area contributed by atoms with Crippen molar-refractivity contribution in [2.24, 2.45) is 5.41 Å². The molecule has 1 N–H and O–H groups in total. The van der Waals surface area contributed by atoms with Crippen molar-refractivity contribution in [1.29, 1.82) is 0 Å². The molecule has 1 aromatic rings. The molecule has 0 heterocycles. The van der Waals surface area contributed by atoms with Crippen molar-refractivity contribution in [3.63, 3.8) is 0 Å². The highest BCUT2D eigenvalue weighted by Crippen LogP contribution is 2.29. The first-order chi connectivity index (χ1) is 7.33. The highest BCUT2D eigenvalue weighted by atomic mass is 14.9. The molecule has 0 aliphatic rings. The second-order valence-corrected chi connectivity index (χ2v) is 5.95. The van der Waals surface area contributed by atoms with Gasteiger partial charge in [-0.15, -0.1) is 0 Å². The second kappa shape index (κ2) is 5.01. The molecule has 1 atom stereocenters. The van der Waals surface area contributed by atoms with E-state index in [1.165, 1.54) is 16.7 Å². The summed E-state index contributed by atoms with van der Waals surface area (Å²) >= 11 is 0. The summed E-state index contributed by atoms with van der Waals surface area (Å²) in [6.45, 7) is 11.2. The summed E-state index contributed by atoms with van der Waals surface area (Å²) < 4.78 is 0. The minimum atomic E-state index is 0.354. The molecule has 16 heavy (non-hydrogen) atoms. The topological polar surface area (TPSA) is 12.0 Å². The minimum absolute atomic E-state index is 0.354. The van der Waals surface area contributed by atoms with Crippen LogP contribution in [0.5, 0.6) is 0 Å². The molecule has 0 bridgehead atoms. The van der Waals surface area contributed by atoms with Gasteiger partial charge in [0.15, 0.2) is 0 Å². The van der Waals surface area contributed by atoms with Crippen molar-refractivity contribution in [3.05, 3.63) is 34.9 Å². The molecule has 0 saturated heterocycles. The zero-order valence-electron chi connectivity index (χ0n) is 11.5. The Morgan fingerprint density at radius 1 is 1.12 bits per heavy atom. The van der Waals surface area contributed by atoms with E-state index < -0.39 is 0 Å². The quantitative estimate of drug-likeness (QED) is 0.810. The summed E-state index contributed by atoms with van der Waals surface area (Å²) in [5.74, 6) is 0. The summed E-state index contributed by atoms with van der Waals surface area (Å²) in [4.78, 5) is 0. The average molecular weight is 219 g/mol. The highest BCUT2D eigenvalue weighted by Gasteiger charge is 2.18. The van der Waals surface area contributed by atoms with Gasteiger partial charge in [-0.05, 0) is 49.4 Å². The van der Waals surface area contributed by atoms with Gasteiger partial charge < -0.3 is 5.32 Å². The van der Waals surface area contributed by atoms with E-state index in [2.05, 4.69) is 58.1 Å². The van der Waals surface area contributed by atoms with Gasteiger partial charge in [0.2, 0.25) is 0 Å². The van der Waals surface area contributed by atoms with E-state index in [9.17, 15) is 0 Å². The average Bonchev–Trinajstić information content (AvgIpc) is 2.17. The molecule has 1 rings (SSSR count). The van der Waals surface area contributed by atoms with Gasteiger partial charge in [-0.3, -0.25) is 0 Å². The monoisotopic (exact) mass is 219 g/mol. The molecule has 0 aliphatic heterocycles. The molecule has 0 spiro atoms. The summed E-state index contributed by atoms with van der Waals surface area (Å²) in [5, 5.41) is 3.42. The summed E-state index contributed by atoms with van der Waals surface area (Å²) in [5.41, 5.74) is 4.51. The van der Waals surface area contributed by atoms with Crippen molar-refractivity contribution in [1.82, 2.24) is 5.32 Å². The van der Waals surface area contributed by atoms with Crippen LogP contribution in [-0.4, -0.2) is 7.05 Å². The van der Waals surface area contributed by atoms with E-state index in [4.69, 9.17) is 0 Å². The summed E-state index contributed by atoms with van der Waals surface area (Å²) in [6.07, 6.45) is 1.16. The van der Waals surface area contributed by atoms with Crippen molar-refractivity contribution in [3.8, 4) is 0 Å². The van der Waals surface area contributed by atoms with E-state index >= 15 is 0 Å². The van der Waals surface area contributed by atoms with Gasteiger partial charge in [0, 0.05) is 6.04 Å². The molecular formula is C15H25N. The lowest BCUT2D eigenvalue weighted by atomic mass is 9.85. The van der Waals surface area contributed by atoms with Crippen LogP contribution in [0.25, 0.3) is 0 Å². The maximum absolute atomic E-state index is 3.42. The van der Waals surface area contributed by atoms with Gasteiger partial charge in [0.25, 0.3) is 0 Å². The maximum Gasteiger partial charge on any atom is 0.0322 e. The largest absolute Gasteiger partial charge is 0.313 e. The van der Waals surface area contributed by atoms with Crippen LogP contribution < -0.4 is 5.32 Å². The van der Waals surface area contributed by atoms with Crippen LogP contribution in [0.1, 0.15) is 49.9 Å². The fourth-order valence-electron chi connectivity index (χ4n) is 1.98. The Morgan fingerprint density at radius 2 is 1.75 bits per heavy atom. The Labute approximate surface area is 100 Å². The lowest BCUT2D eigenvalue weighted by Gasteiger charge is -2.26. The van der Waals surface area contributed by atoms with Gasteiger partial charge >= 0.3 is 0 Å². The van der Waals surface area contributed by atoms with Crippen LogP contribution in [0, 0.1) is 19.3 Å². The fourth-order valence-corrected chi connectivity index (χ4v) is 1.98. The van der Waals surface area contributed by atoms with Crippen LogP contribution in [0.15, 0.2) is 18.2 Å². The Balaban J connectivity index is 2.91. The number of nitrogens with one attached hydrogen (secondary N) is 1. The molecule has 0 aromatic heterocycles. The maximum atomic E-state index is 3.42. The van der Waals surface area contributed by atoms with Gasteiger partial charge in [0.05, 0.1) is 0 Å². The number of hydrogen-bond donors (Lipinski definition) is 1. The molecule has 0 amide bonds. The highest BCUT2D eigenvalue weighted by molar-refractivity contribution is 5.31. The van der Waals surface area contributed by atoms with Crippen LogP contribution in [-0.2, 0) is 0 Å². The molecule has 1 nitrogen and oxygen atoms in total. The predicted octanol–water partition coefficient (Wildman–Crippen LogP) is 4.00. The predicted molar refractivity (Wildman–Crippen MR) is 71.8 cm³/mol. The smallest absolute Gasteiger partial charge is 0.0322 e. The second-order valence-electron chi connectivity index (χ2n) is 5.95. The molecule has 0 radical (unpaired) electrons. The van der Waals surface area contributed by atoms with E-state index in [-0.39, 0.29) is 0 Å². The van der Waals surface area contributed by atoms with Crippen LogP contribution in [0.3, 0.4) is 0 Å². The fraction of sp³-hybridized carbons (Fsp3) is 0.600. The first-order valence-electron chi connectivity index (χ1n) is 6.08. The third-order valence-corrected chi connectivity index (χ3v) is 3.10. The molecule has 0 fully saturated rings. The molecule has 0 saturated carbocycles. The number of hydrogen-bond acceptors (Lipinski definition) is 1. The number of benzene rings is 1. The third kappa shape index (κ3) is 3.64. The van der Waals surface area contributed by atoms with Gasteiger partial charge in [0.1, 0.15) is 0 Å². The normalized spacial score (nSPS) is 13.9. The van der Waals surface area contributed by atoms with Crippen molar-refractivity contribution >= 4 is 0 Å². The van der Waals surface area contributed by atoms with Gasteiger partial charge in [-0.1, -0.05) is 39.0 Å². The van der Waals surface area contributed by atoms with Gasteiger partial charge in [-0.25, -0.2) is 0 Å². The summed E-state index contributed by atoms with van der Waals surface area (Å²) in [7, 11) is 2.05. The lowest BCUT2D eigenvalue weighted by molar-refractivity contribution is 0.320. The van der Waals surface area contributed by atoms with Crippen molar-refractivity contribution in [2.45, 2.75) is 47.1 Å². The molecule has 1 unspecified atom stereocenters. The van der Waals surface area contributed by atoms with Crippen LogP contribution in [0.4, 0.5) is 0 Å². The van der Waals surface area contributed by atoms with Crippen molar-refractivity contribution < 1.29 is 0 Å². The Bertz CT molecular complexity index is 347. The molecule has 90 valence electrons.